The van der Waals surface area contributed by atoms with E-state index in [1.54, 1.807) is 0 Å². The SMILES string of the molecule is CC(C)CCC(=O)N(N)C(=O)CN. The number of rotatable bonds is 4. The highest BCUT2D eigenvalue weighted by Gasteiger charge is 2.15. The van der Waals surface area contributed by atoms with E-state index >= 15 is 0 Å². The molecule has 0 spiro atoms. The first-order chi connectivity index (χ1) is 5.99. The van der Waals surface area contributed by atoms with Crippen molar-refractivity contribution in [1.29, 1.82) is 0 Å². The van der Waals surface area contributed by atoms with Crippen LogP contribution in [0.4, 0.5) is 0 Å². The van der Waals surface area contributed by atoms with Gasteiger partial charge in [0, 0.05) is 6.42 Å². The van der Waals surface area contributed by atoms with Gasteiger partial charge in [-0.1, -0.05) is 13.8 Å². The number of hydrazine groups is 1. The number of carbonyl (C=O) groups is 2. The van der Waals surface area contributed by atoms with Crippen molar-refractivity contribution in [2.75, 3.05) is 6.54 Å². The maximum absolute atomic E-state index is 11.2. The molecule has 0 aromatic carbocycles. The van der Waals surface area contributed by atoms with E-state index in [4.69, 9.17) is 11.6 Å². The summed E-state index contributed by atoms with van der Waals surface area (Å²) >= 11 is 0. The summed E-state index contributed by atoms with van der Waals surface area (Å²) in [4.78, 5) is 22.0. The summed E-state index contributed by atoms with van der Waals surface area (Å²) < 4.78 is 0. The normalized spacial score (nSPS) is 10.2. The molecule has 0 bridgehead atoms. The fraction of sp³-hybridized carbons (Fsp3) is 0.750. The van der Waals surface area contributed by atoms with Gasteiger partial charge in [0.1, 0.15) is 0 Å². The predicted octanol–water partition coefficient (Wildman–Crippen LogP) is -0.390. The molecule has 5 heteroatoms. The largest absolute Gasteiger partial charge is 0.322 e. The second kappa shape index (κ2) is 5.66. The first-order valence-electron chi connectivity index (χ1n) is 4.29. The second-order valence-corrected chi connectivity index (χ2v) is 3.29. The molecule has 0 aliphatic heterocycles. The van der Waals surface area contributed by atoms with Crippen LogP contribution in [-0.4, -0.2) is 23.4 Å². The maximum Gasteiger partial charge on any atom is 0.257 e. The van der Waals surface area contributed by atoms with Gasteiger partial charge >= 0.3 is 0 Å². The zero-order valence-corrected chi connectivity index (χ0v) is 8.12. The van der Waals surface area contributed by atoms with Gasteiger partial charge in [-0.05, 0) is 12.3 Å². The minimum absolute atomic E-state index is 0.232. The van der Waals surface area contributed by atoms with E-state index in [0.29, 0.717) is 17.3 Å². The Morgan fingerprint density at radius 1 is 1.31 bits per heavy atom. The molecule has 0 aromatic heterocycles. The molecule has 76 valence electrons. The Morgan fingerprint density at radius 3 is 2.23 bits per heavy atom. The Hall–Kier alpha value is -0.940. The van der Waals surface area contributed by atoms with Gasteiger partial charge in [0.05, 0.1) is 6.54 Å². The highest BCUT2D eigenvalue weighted by Crippen LogP contribution is 2.04. The van der Waals surface area contributed by atoms with Gasteiger partial charge in [-0.25, -0.2) is 10.9 Å². The number of nitrogens with zero attached hydrogens (tertiary/aromatic N) is 1. The number of hydrogen-bond acceptors (Lipinski definition) is 4. The topological polar surface area (TPSA) is 89.4 Å². The van der Waals surface area contributed by atoms with Crippen molar-refractivity contribution in [2.45, 2.75) is 26.7 Å². The molecule has 2 amide bonds. The molecule has 0 saturated heterocycles. The smallest absolute Gasteiger partial charge is 0.257 e. The van der Waals surface area contributed by atoms with E-state index in [9.17, 15) is 9.59 Å². The predicted molar refractivity (Wildman–Crippen MR) is 49.2 cm³/mol. The Labute approximate surface area is 78.0 Å². The van der Waals surface area contributed by atoms with Crippen molar-refractivity contribution < 1.29 is 9.59 Å². The highest BCUT2D eigenvalue weighted by molar-refractivity contribution is 5.95. The molecule has 0 heterocycles. The molecule has 0 aliphatic carbocycles. The van der Waals surface area contributed by atoms with Gasteiger partial charge in [-0.15, -0.1) is 0 Å². The van der Waals surface area contributed by atoms with Gasteiger partial charge < -0.3 is 5.73 Å². The average molecular weight is 187 g/mol. The number of carbonyl (C=O) groups excluding carboxylic acids is 2. The van der Waals surface area contributed by atoms with Gasteiger partial charge in [-0.2, -0.15) is 0 Å². The Balaban J connectivity index is 3.90. The first kappa shape index (κ1) is 12.1. The molecule has 0 atom stereocenters. The molecule has 0 aliphatic rings. The van der Waals surface area contributed by atoms with Gasteiger partial charge in [0.2, 0.25) is 5.91 Å². The minimum atomic E-state index is -0.547. The Morgan fingerprint density at radius 2 is 1.85 bits per heavy atom. The third-order valence-corrected chi connectivity index (χ3v) is 1.65. The fourth-order valence-electron chi connectivity index (χ4n) is 0.770. The van der Waals surface area contributed by atoms with Crippen LogP contribution < -0.4 is 11.6 Å². The van der Waals surface area contributed by atoms with Gasteiger partial charge in [0.15, 0.2) is 0 Å². The van der Waals surface area contributed by atoms with E-state index in [2.05, 4.69) is 0 Å². The molecule has 0 radical (unpaired) electrons. The van der Waals surface area contributed by atoms with E-state index in [1.807, 2.05) is 13.8 Å². The van der Waals surface area contributed by atoms with Crippen molar-refractivity contribution in [3.63, 3.8) is 0 Å². The standard InChI is InChI=1S/C8H17N3O2/c1-6(2)3-4-7(12)11(10)8(13)5-9/h6H,3-5,9-10H2,1-2H3. The van der Waals surface area contributed by atoms with Crippen molar-refractivity contribution in [2.24, 2.45) is 17.5 Å². The molecular formula is C8H17N3O2. The zero-order chi connectivity index (χ0) is 10.4. The van der Waals surface area contributed by atoms with Gasteiger partial charge in [-0.3, -0.25) is 9.59 Å². The summed E-state index contributed by atoms with van der Waals surface area (Å²) in [6.45, 7) is 3.77. The summed E-state index contributed by atoms with van der Waals surface area (Å²) in [6, 6.07) is 0. The van der Waals surface area contributed by atoms with Crippen LogP contribution in [-0.2, 0) is 9.59 Å². The summed E-state index contributed by atoms with van der Waals surface area (Å²) in [7, 11) is 0. The third-order valence-electron chi connectivity index (χ3n) is 1.65. The van der Waals surface area contributed by atoms with Crippen molar-refractivity contribution in [1.82, 2.24) is 5.01 Å². The van der Waals surface area contributed by atoms with Crippen LogP contribution in [0.15, 0.2) is 0 Å². The molecule has 4 N–H and O–H groups in total. The summed E-state index contributed by atoms with van der Waals surface area (Å²) in [5.41, 5.74) is 5.04. The lowest BCUT2D eigenvalue weighted by Gasteiger charge is -2.13. The molecule has 0 unspecified atom stereocenters. The van der Waals surface area contributed by atoms with Crippen LogP contribution in [0.25, 0.3) is 0 Å². The van der Waals surface area contributed by atoms with Crippen LogP contribution in [0, 0.1) is 5.92 Å². The monoisotopic (exact) mass is 187 g/mol. The van der Waals surface area contributed by atoms with Gasteiger partial charge in [0.25, 0.3) is 5.91 Å². The summed E-state index contributed by atoms with van der Waals surface area (Å²) in [6.07, 6.45) is 1.02. The molecule has 0 fully saturated rings. The molecule has 5 nitrogen and oxygen atoms in total. The van der Waals surface area contributed by atoms with Crippen LogP contribution >= 0.6 is 0 Å². The molecule has 0 saturated carbocycles. The van der Waals surface area contributed by atoms with Crippen LogP contribution in [0.1, 0.15) is 26.7 Å². The van der Waals surface area contributed by atoms with E-state index in [1.165, 1.54) is 0 Å². The van der Waals surface area contributed by atoms with Crippen LogP contribution in [0.5, 0.6) is 0 Å². The maximum atomic E-state index is 11.2. The fourth-order valence-corrected chi connectivity index (χ4v) is 0.770. The lowest BCUT2D eigenvalue weighted by Crippen LogP contribution is -2.45. The molecule has 0 rings (SSSR count). The van der Waals surface area contributed by atoms with Crippen molar-refractivity contribution in [3.05, 3.63) is 0 Å². The lowest BCUT2D eigenvalue weighted by molar-refractivity contribution is -0.144. The molecule has 0 aromatic rings. The number of imide groups is 1. The number of amides is 2. The third kappa shape index (κ3) is 4.59. The van der Waals surface area contributed by atoms with E-state index in [0.717, 1.165) is 6.42 Å². The van der Waals surface area contributed by atoms with Crippen LogP contribution in [0.2, 0.25) is 0 Å². The highest BCUT2D eigenvalue weighted by atomic mass is 16.2. The average Bonchev–Trinajstić information content (AvgIpc) is 2.11. The quantitative estimate of drug-likeness (QED) is 0.356. The van der Waals surface area contributed by atoms with E-state index in [-0.39, 0.29) is 12.5 Å². The van der Waals surface area contributed by atoms with E-state index < -0.39 is 5.91 Å². The molecule has 13 heavy (non-hydrogen) atoms. The summed E-state index contributed by atoms with van der Waals surface area (Å²) in [5.74, 6) is 4.71. The summed E-state index contributed by atoms with van der Waals surface area (Å²) in [5, 5.41) is 0.600. The first-order valence-corrected chi connectivity index (χ1v) is 4.29. The van der Waals surface area contributed by atoms with Crippen molar-refractivity contribution >= 4 is 11.8 Å². The molecular weight excluding hydrogens is 170 g/mol. The Kier molecular flexibility index (Phi) is 5.25. The Bertz CT molecular complexity index is 192. The minimum Gasteiger partial charge on any atom is -0.322 e. The number of nitrogens with two attached hydrogens (primary N) is 2. The number of hydrogen-bond donors (Lipinski definition) is 2. The van der Waals surface area contributed by atoms with Crippen molar-refractivity contribution in [3.8, 4) is 0 Å². The second-order valence-electron chi connectivity index (χ2n) is 3.29. The van der Waals surface area contributed by atoms with Crippen LogP contribution in [0.3, 0.4) is 0 Å². The lowest BCUT2D eigenvalue weighted by atomic mass is 10.1. The zero-order valence-electron chi connectivity index (χ0n) is 8.12.